The maximum Gasteiger partial charge on any atom is 0.191 e. The third kappa shape index (κ3) is 7.32. The molecule has 1 aliphatic heterocycles. The van der Waals surface area contributed by atoms with Crippen LogP contribution in [0.4, 0.5) is 0 Å². The molecule has 0 aliphatic carbocycles. The molecule has 1 aliphatic rings. The highest BCUT2D eigenvalue weighted by molar-refractivity contribution is 5.79. The van der Waals surface area contributed by atoms with Gasteiger partial charge in [-0.15, -0.1) is 0 Å². The number of rotatable bonds is 8. The van der Waals surface area contributed by atoms with Crippen LogP contribution >= 0.6 is 0 Å². The van der Waals surface area contributed by atoms with Gasteiger partial charge in [-0.2, -0.15) is 0 Å². The van der Waals surface area contributed by atoms with Crippen LogP contribution in [0, 0.1) is 6.92 Å². The normalized spacial score (nSPS) is 16.2. The largest absolute Gasteiger partial charge is 0.379 e. The third-order valence-electron chi connectivity index (χ3n) is 4.18. The van der Waals surface area contributed by atoms with E-state index in [0.29, 0.717) is 0 Å². The molecule has 0 aromatic heterocycles. The van der Waals surface area contributed by atoms with Crippen LogP contribution in [0.15, 0.2) is 29.3 Å². The fraction of sp³-hybridized carbons (Fsp3) is 0.632. The van der Waals surface area contributed by atoms with Crippen molar-refractivity contribution in [3.8, 4) is 0 Å². The summed E-state index contributed by atoms with van der Waals surface area (Å²) in [5, 5.41) is 6.75. The van der Waals surface area contributed by atoms with E-state index in [1.54, 1.807) is 0 Å². The van der Waals surface area contributed by atoms with Crippen molar-refractivity contribution in [1.29, 1.82) is 0 Å². The van der Waals surface area contributed by atoms with Gasteiger partial charge in [-0.1, -0.05) is 29.8 Å². The summed E-state index contributed by atoms with van der Waals surface area (Å²) in [6, 6.07) is 8.73. The minimum absolute atomic E-state index is 0.858. The van der Waals surface area contributed by atoms with Gasteiger partial charge in [0.1, 0.15) is 0 Å². The number of benzene rings is 1. The molecule has 1 aromatic rings. The van der Waals surface area contributed by atoms with Crippen LogP contribution in [0.3, 0.4) is 0 Å². The van der Waals surface area contributed by atoms with E-state index in [9.17, 15) is 0 Å². The zero-order chi connectivity index (χ0) is 17.0. The first-order chi connectivity index (χ1) is 11.8. The van der Waals surface area contributed by atoms with E-state index in [-0.39, 0.29) is 0 Å². The number of nitrogens with zero attached hydrogens (tertiary/aromatic N) is 2. The molecular formula is C19H32N4O. The Labute approximate surface area is 146 Å². The van der Waals surface area contributed by atoms with E-state index in [0.717, 1.165) is 71.3 Å². The maximum atomic E-state index is 5.37. The second kappa shape index (κ2) is 11.0. The maximum absolute atomic E-state index is 5.37. The van der Waals surface area contributed by atoms with Crippen molar-refractivity contribution < 1.29 is 4.74 Å². The van der Waals surface area contributed by atoms with Crippen LogP contribution < -0.4 is 10.6 Å². The van der Waals surface area contributed by atoms with Crippen molar-refractivity contribution >= 4 is 5.96 Å². The van der Waals surface area contributed by atoms with E-state index in [1.807, 2.05) is 0 Å². The van der Waals surface area contributed by atoms with Crippen molar-refractivity contribution in [2.45, 2.75) is 26.7 Å². The van der Waals surface area contributed by atoms with Crippen molar-refractivity contribution in [3.05, 3.63) is 35.4 Å². The molecule has 0 bridgehead atoms. The third-order valence-corrected chi connectivity index (χ3v) is 4.18. The summed E-state index contributed by atoms with van der Waals surface area (Å²) in [6.07, 6.45) is 2.10. The minimum atomic E-state index is 0.858. The first kappa shape index (κ1) is 18.7. The number of nitrogens with one attached hydrogen (secondary N) is 2. The fourth-order valence-corrected chi connectivity index (χ4v) is 2.73. The van der Waals surface area contributed by atoms with Crippen molar-refractivity contribution in [1.82, 2.24) is 15.5 Å². The second-order valence-electron chi connectivity index (χ2n) is 6.23. The standard InChI is InChI=1S/C19H32N4O/c1-3-20-19(21-10-4-12-23-13-15-24-16-14-23)22-11-9-18-7-5-17(2)6-8-18/h5-8H,3-4,9-16H2,1-2H3,(H2,20,21,22). The van der Waals surface area contributed by atoms with Gasteiger partial charge in [-0.05, 0) is 32.3 Å². The van der Waals surface area contributed by atoms with Crippen molar-refractivity contribution in [3.63, 3.8) is 0 Å². The topological polar surface area (TPSA) is 48.9 Å². The predicted octanol–water partition coefficient (Wildman–Crippen LogP) is 1.81. The van der Waals surface area contributed by atoms with Gasteiger partial charge in [0.15, 0.2) is 5.96 Å². The molecule has 5 heteroatoms. The molecule has 1 saturated heterocycles. The number of hydrogen-bond donors (Lipinski definition) is 2. The average Bonchev–Trinajstić information content (AvgIpc) is 2.61. The average molecular weight is 332 g/mol. The molecule has 0 saturated carbocycles. The molecule has 0 radical (unpaired) electrons. The first-order valence-corrected chi connectivity index (χ1v) is 9.16. The summed E-state index contributed by atoms with van der Waals surface area (Å²) < 4.78 is 5.37. The quantitative estimate of drug-likeness (QED) is 0.433. The van der Waals surface area contributed by atoms with Crippen molar-refractivity contribution in [2.24, 2.45) is 4.99 Å². The number of morpholine rings is 1. The minimum Gasteiger partial charge on any atom is -0.379 e. The van der Waals surface area contributed by atoms with Crippen LogP contribution in [0.5, 0.6) is 0 Å². The highest BCUT2D eigenvalue weighted by Crippen LogP contribution is 2.03. The van der Waals surface area contributed by atoms with Crippen LogP contribution in [0.1, 0.15) is 24.5 Å². The molecule has 134 valence electrons. The Morgan fingerprint density at radius 2 is 1.92 bits per heavy atom. The summed E-state index contributed by atoms with van der Waals surface area (Å²) in [5.74, 6) is 0.923. The highest BCUT2D eigenvalue weighted by Gasteiger charge is 2.08. The Morgan fingerprint density at radius 1 is 1.17 bits per heavy atom. The number of aryl methyl sites for hydroxylation is 1. The van der Waals surface area contributed by atoms with E-state index in [2.05, 4.69) is 58.6 Å². The lowest BCUT2D eigenvalue weighted by atomic mass is 10.1. The number of guanidine groups is 1. The molecule has 2 N–H and O–H groups in total. The van der Waals surface area contributed by atoms with Gasteiger partial charge >= 0.3 is 0 Å². The van der Waals surface area contributed by atoms with Gasteiger partial charge < -0.3 is 15.4 Å². The lowest BCUT2D eigenvalue weighted by molar-refractivity contribution is 0.0377. The molecule has 24 heavy (non-hydrogen) atoms. The molecule has 5 nitrogen and oxygen atoms in total. The molecule has 0 atom stereocenters. The van der Waals surface area contributed by atoms with Gasteiger partial charge in [0.05, 0.1) is 13.2 Å². The Morgan fingerprint density at radius 3 is 2.62 bits per heavy atom. The number of hydrogen-bond acceptors (Lipinski definition) is 3. The second-order valence-corrected chi connectivity index (χ2v) is 6.23. The predicted molar refractivity (Wildman–Crippen MR) is 101 cm³/mol. The summed E-state index contributed by atoms with van der Waals surface area (Å²) in [6.45, 7) is 11.8. The molecule has 1 fully saturated rings. The molecule has 2 rings (SSSR count). The van der Waals surface area contributed by atoms with Crippen LogP contribution in [0.25, 0.3) is 0 Å². The first-order valence-electron chi connectivity index (χ1n) is 9.16. The molecule has 0 spiro atoms. The Kier molecular flexibility index (Phi) is 8.63. The van der Waals surface area contributed by atoms with Crippen LogP contribution in [-0.2, 0) is 11.2 Å². The van der Waals surface area contributed by atoms with E-state index < -0.39 is 0 Å². The molecule has 0 amide bonds. The van der Waals surface area contributed by atoms with Crippen molar-refractivity contribution in [2.75, 3.05) is 52.5 Å². The van der Waals surface area contributed by atoms with Gasteiger partial charge in [0.25, 0.3) is 0 Å². The smallest absolute Gasteiger partial charge is 0.191 e. The number of ether oxygens (including phenoxy) is 1. The Bertz CT molecular complexity index is 481. The zero-order valence-corrected chi connectivity index (χ0v) is 15.2. The lowest BCUT2D eigenvalue weighted by Crippen LogP contribution is -2.39. The Hall–Kier alpha value is -1.59. The highest BCUT2D eigenvalue weighted by atomic mass is 16.5. The Balaban J connectivity index is 1.66. The van der Waals surface area contributed by atoms with E-state index in [4.69, 9.17) is 4.74 Å². The molecule has 0 unspecified atom stereocenters. The van der Waals surface area contributed by atoms with Gasteiger partial charge in [0.2, 0.25) is 0 Å². The molecule has 1 heterocycles. The fourth-order valence-electron chi connectivity index (χ4n) is 2.73. The zero-order valence-electron chi connectivity index (χ0n) is 15.2. The summed E-state index contributed by atoms with van der Waals surface area (Å²) in [5.41, 5.74) is 2.66. The van der Waals surface area contributed by atoms with Crippen LogP contribution in [0.2, 0.25) is 0 Å². The summed E-state index contributed by atoms with van der Waals surface area (Å²) in [4.78, 5) is 7.13. The lowest BCUT2D eigenvalue weighted by Gasteiger charge is -2.26. The van der Waals surface area contributed by atoms with Gasteiger partial charge in [0, 0.05) is 39.3 Å². The van der Waals surface area contributed by atoms with Crippen LogP contribution in [-0.4, -0.2) is 63.3 Å². The van der Waals surface area contributed by atoms with Gasteiger partial charge in [-0.3, -0.25) is 9.89 Å². The monoisotopic (exact) mass is 332 g/mol. The van der Waals surface area contributed by atoms with E-state index in [1.165, 1.54) is 11.1 Å². The summed E-state index contributed by atoms with van der Waals surface area (Å²) >= 11 is 0. The summed E-state index contributed by atoms with van der Waals surface area (Å²) in [7, 11) is 0. The molecular weight excluding hydrogens is 300 g/mol. The SMILES string of the molecule is CCNC(=NCCCN1CCOCC1)NCCc1ccc(C)cc1. The van der Waals surface area contributed by atoms with E-state index >= 15 is 0 Å². The number of aliphatic imine (C=N–C) groups is 1. The van der Waals surface area contributed by atoms with Gasteiger partial charge in [-0.25, -0.2) is 0 Å². The molecule has 1 aromatic carbocycles.